The van der Waals surface area contributed by atoms with Crippen LogP contribution in [0, 0.1) is 0 Å². The van der Waals surface area contributed by atoms with Crippen molar-refractivity contribution in [2.45, 2.75) is 26.3 Å². The molecule has 0 fully saturated rings. The Hall–Kier alpha value is -2.09. The highest BCUT2D eigenvalue weighted by Gasteiger charge is 2.19. The molecule has 0 bridgehead atoms. The second-order valence-electron chi connectivity index (χ2n) is 6.48. The minimum Gasteiger partial charge on any atom is -0.493 e. The maximum absolute atomic E-state index is 12.1. The first-order valence-electron chi connectivity index (χ1n) is 7.58. The lowest BCUT2D eigenvalue weighted by molar-refractivity contribution is -0.136. The van der Waals surface area contributed by atoms with Crippen molar-refractivity contribution in [3.63, 3.8) is 0 Å². The third kappa shape index (κ3) is 6.74. The molecule has 0 aromatic heterocycles. The van der Waals surface area contributed by atoms with E-state index in [9.17, 15) is 14.4 Å². The van der Waals surface area contributed by atoms with Gasteiger partial charge in [0.25, 0.3) is 5.91 Å². The van der Waals surface area contributed by atoms with Gasteiger partial charge in [-0.25, -0.2) is 0 Å². The number of halogens is 1. The summed E-state index contributed by atoms with van der Waals surface area (Å²) in [5, 5.41) is 2.78. The third-order valence-corrected chi connectivity index (χ3v) is 3.77. The summed E-state index contributed by atoms with van der Waals surface area (Å²) >= 11 is 3.25. The number of likely N-dealkylation sites (N-methyl/N-ethyl adjacent to an activating group) is 1. The van der Waals surface area contributed by atoms with Crippen molar-refractivity contribution in [1.29, 1.82) is 0 Å². The molecule has 0 radical (unpaired) electrons. The lowest BCUT2D eigenvalue weighted by Crippen LogP contribution is -2.47. The highest BCUT2D eigenvalue weighted by atomic mass is 79.9. The summed E-state index contributed by atoms with van der Waals surface area (Å²) in [5.41, 5.74) is 0.00851. The van der Waals surface area contributed by atoms with Crippen LogP contribution in [0.25, 0.3) is 0 Å². The number of aldehydes is 1. The van der Waals surface area contributed by atoms with Gasteiger partial charge in [-0.1, -0.05) is 0 Å². The van der Waals surface area contributed by atoms with Crippen LogP contribution in [-0.2, 0) is 9.59 Å². The van der Waals surface area contributed by atoms with E-state index in [1.54, 1.807) is 6.07 Å². The zero-order valence-electron chi connectivity index (χ0n) is 15.0. The quantitative estimate of drug-likeness (QED) is 0.689. The number of benzene rings is 1. The predicted octanol–water partition coefficient (Wildman–Crippen LogP) is 2.02. The summed E-state index contributed by atoms with van der Waals surface area (Å²) in [4.78, 5) is 36.3. The second kappa shape index (κ2) is 8.84. The van der Waals surface area contributed by atoms with E-state index in [0.29, 0.717) is 22.1 Å². The topological polar surface area (TPSA) is 84.9 Å². The fourth-order valence-electron chi connectivity index (χ4n) is 1.92. The molecule has 0 atom stereocenters. The molecule has 0 heterocycles. The van der Waals surface area contributed by atoms with Crippen LogP contribution in [-0.4, -0.2) is 55.8 Å². The van der Waals surface area contributed by atoms with E-state index < -0.39 is 0 Å². The van der Waals surface area contributed by atoms with Gasteiger partial charge in [0.15, 0.2) is 24.4 Å². The summed E-state index contributed by atoms with van der Waals surface area (Å²) in [5.74, 6) is 0.0293. The Kier molecular flexibility index (Phi) is 7.41. The molecule has 0 spiro atoms. The molecule has 1 aromatic carbocycles. The number of amides is 2. The Bertz CT molecular complexity index is 655. The van der Waals surface area contributed by atoms with E-state index in [2.05, 4.69) is 21.2 Å². The van der Waals surface area contributed by atoms with Crippen LogP contribution in [0.4, 0.5) is 0 Å². The first-order chi connectivity index (χ1) is 11.6. The molecule has 7 nitrogen and oxygen atoms in total. The molecule has 25 heavy (non-hydrogen) atoms. The monoisotopic (exact) mass is 414 g/mol. The minimum absolute atomic E-state index is 0.0729. The highest BCUT2D eigenvalue weighted by Crippen LogP contribution is 2.32. The Labute approximate surface area is 155 Å². The van der Waals surface area contributed by atoms with E-state index in [0.717, 1.165) is 0 Å². The largest absolute Gasteiger partial charge is 0.493 e. The van der Waals surface area contributed by atoms with Gasteiger partial charge in [0.05, 0.1) is 13.7 Å². The Morgan fingerprint density at radius 2 is 1.92 bits per heavy atom. The maximum atomic E-state index is 12.1. The van der Waals surface area contributed by atoms with Crippen LogP contribution in [0.3, 0.4) is 0 Å². The molecular formula is C17H23BrN2O5. The van der Waals surface area contributed by atoms with Gasteiger partial charge in [-0.2, -0.15) is 0 Å². The van der Waals surface area contributed by atoms with Gasteiger partial charge in [0.2, 0.25) is 5.91 Å². The number of ether oxygens (including phenoxy) is 2. The fraction of sp³-hybridized carbons (Fsp3) is 0.471. The molecule has 1 aromatic rings. The molecule has 0 unspecified atom stereocenters. The normalized spacial score (nSPS) is 10.8. The van der Waals surface area contributed by atoms with Gasteiger partial charge >= 0.3 is 0 Å². The number of carbonyl (C=O) groups is 3. The van der Waals surface area contributed by atoms with Gasteiger partial charge in [-0.3, -0.25) is 14.4 Å². The van der Waals surface area contributed by atoms with Crippen LogP contribution in [0.5, 0.6) is 11.5 Å². The standard InChI is InChI=1S/C17H23BrN2O5/c1-17(2,3)19-15(22)8-20(4)16(23)10-25-14-6-11(9-21)12(18)7-13(14)24-5/h6-7,9H,8,10H2,1-5H3,(H,19,22). The number of hydrogen-bond acceptors (Lipinski definition) is 5. The molecule has 1 N–H and O–H groups in total. The molecule has 8 heteroatoms. The maximum Gasteiger partial charge on any atom is 0.260 e. The van der Waals surface area contributed by atoms with Gasteiger partial charge in [0.1, 0.15) is 0 Å². The first-order valence-corrected chi connectivity index (χ1v) is 8.37. The number of hydrogen-bond donors (Lipinski definition) is 1. The van der Waals surface area contributed by atoms with Crippen LogP contribution in [0.2, 0.25) is 0 Å². The van der Waals surface area contributed by atoms with Crippen LogP contribution >= 0.6 is 15.9 Å². The molecule has 0 aliphatic heterocycles. The van der Waals surface area contributed by atoms with Crippen molar-refractivity contribution < 1.29 is 23.9 Å². The van der Waals surface area contributed by atoms with Crippen molar-refractivity contribution in [1.82, 2.24) is 10.2 Å². The average Bonchev–Trinajstić information content (AvgIpc) is 2.50. The van der Waals surface area contributed by atoms with Crippen LogP contribution in [0.1, 0.15) is 31.1 Å². The number of nitrogens with zero attached hydrogens (tertiary/aromatic N) is 1. The first kappa shape index (κ1) is 21.0. The van der Waals surface area contributed by atoms with E-state index >= 15 is 0 Å². The van der Waals surface area contributed by atoms with E-state index in [4.69, 9.17) is 9.47 Å². The minimum atomic E-state index is -0.373. The third-order valence-electron chi connectivity index (χ3n) is 3.08. The van der Waals surface area contributed by atoms with Crippen molar-refractivity contribution in [3.8, 4) is 11.5 Å². The molecular weight excluding hydrogens is 392 g/mol. The van der Waals surface area contributed by atoms with Gasteiger partial charge in [-0.15, -0.1) is 0 Å². The molecule has 138 valence electrons. The summed E-state index contributed by atoms with van der Waals surface area (Å²) < 4.78 is 11.2. The van der Waals surface area contributed by atoms with Gasteiger partial charge in [-0.05, 0) is 48.8 Å². The summed E-state index contributed by atoms with van der Waals surface area (Å²) in [7, 11) is 2.98. The zero-order chi connectivity index (χ0) is 19.2. The second-order valence-corrected chi connectivity index (χ2v) is 7.33. The van der Waals surface area contributed by atoms with Gasteiger partial charge in [0, 0.05) is 22.6 Å². The number of rotatable bonds is 7. The van der Waals surface area contributed by atoms with Crippen LogP contribution in [0.15, 0.2) is 16.6 Å². The summed E-state index contributed by atoms with van der Waals surface area (Å²) in [6.07, 6.45) is 0.668. The van der Waals surface area contributed by atoms with Crippen molar-refractivity contribution in [2.24, 2.45) is 0 Å². The van der Waals surface area contributed by atoms with E-state index in [1.807, 2.05) is 20.8 Å². The Morgan fingerprint density at radius 1 is 1.28 bits per heavy atom. The average molecular weight is 415 g/mol. The van der Waals surface area contributed by atoms with Crippen molar-refractivity contribution in [2.75, 3.05) is 27.3 Å². The summed E-state index contributed by atoms with van der Waals surface area (Å²) in [6, 6.07) is 3.07. The number of carbonyl (C=O) groups excluding carboxylic acids is 3. The smallest absolute Gasteiger partial charge is 0.260 e. The number of nitrogens with one attached hydrogen (secondary N) is 1. The van der Waals surface area contributed by atoms with Crippen molar-refractivity contribution in [3.05, 3.63) is 22.2 Å². The van der Waals surface area contributed by atoms with Gasteiger partial charge < -0.3 is 19.7 Å². The van der Waals surface area contributed by atoms with Crippen LogP contribution < -0.4 is 14.8 Å². The lowest BCUT2D eigenvalue weighted by Gasteiger charge is -2.23. The lowest BCUT2D eigenvalue weighted by atomic mass is 10.1. The SMILES string of the molecule is COc1cc(Br)c(C=O)cc1OCC(=O)N(C)CC(=O)NC(C)(C)C. The molecule has 0 aliphatic carbocycles. The molecule has 0 aliphatic rings. The fourth-order valence-corrected chi connectivity index (χ4v) is 2.34. The molecule has 0 saturated carbocycles. The van der Waals surface area contributed by atoms with E-state index in [1.165, 1.54) is 25.1 Å². The predicted molar refractivity (Wildman–Crippen MR) is 97.1 cm³/mol. The van der Waals surface area contributed by atoms with E-state index in [-0.39, 0.29) is 36.3 Å². The molecule has 0 saturated heterocycles. The van der Waals surface area contributed by atoms with Crippen molar-refractivity contribution >= 4 is 34.0 Å². The molecule has 2 amide bonds. The zero-order valence-corrected chi connectivity index (χ0v) is 16.6. The Balaban J connectivity index is 2.70. The summed E-state index contributed by atoms with van der Waals surface area (Å²) in [6.45, 7) is 5.23. The molecule has 1 rings (SSSR count). The number of methoxy groups -OCH3 is 1. The Morgan fingerprint density at radius 3 is 2.44 bits per heavy atom. The highest BCUT2D eigenvalue weighted by molar-refractivity contribution is 9.10.